The molecular formula is C13H22. The molecule has 0 N–H and O–H groups in total. The summed E-state index contributed by atoms with van der Waals surface area (Å²) in [6.45, 7) is 8.89. The van der Waals surface area contributed by atoms with Crippen LogP contribution in [0.15, 0.2) is 18.2 Å². The Morgan fingerprint density at radius 1 is 1.23 bits per heavy atom. The molecule has 0 saturated heterocycles. The molecule has 0 aliphatic rings. The smallest absolute Gasteiger partial charge is 0.0216 e. The maximum atomic E-state index is 2.30. The minimum Gasteiger partial charge on any atom is -0.0776 e. The van der Waals surface area contributed by atoms with E-state index in [9.17, 15) is 0 Å². The normalized spacial score (nSPS) is 9.92. The lowest BCUT2D eigenvalue weighted by atomic mass is 9.94. The summed E-state index contributed by atoms with van der Waals surface area (Å²) in [6, 6.07) is 6.77. The average molecular weight is 178 g/mol. The van der Waals surface area contributed by atoms with Gasteiger partial charge in [-0.2, -0.15) is 0 Å². The van der Waals surface area contributed by atoms with Crippen molar-refractivity contribution in [1.29, 1.82) is 0 Å². The molecule has 74 valence electrons. The number of hydrogen-bond donors (Lipinski definition) is 0. The largest absolute Gasteiger partial charge is 0.0776 e. The van der Waals surface area contributed by atoms with Gasteiger partial charge in [0, 0.05) is 0 Å². The Morgan fingerprint density at radius 2 is 1.85 bits per heavy atom. The molecule has 0 aliphatic heterocycles. The van der Waals surface area contributed by atoms with Crippen molar-refractivity contribution >= 4 is 0 Å². The van der Waals surface area contributed by atoms with Gasteiger partial charge in [-0.15, -0.1) is 0 Å². The highest BCUT2D eigenvalue weighted by Crippen LogP contribution is 2.20. The standard InChI is InChI=1S/C12H18.CH4/c1-5-11-8-10(4)6-7-12(11)9(2)3;/h6-9H,5H2,1-4H3;1H4. The lowest BCUT2D eigenvalue weighted by Gasteiger charge is -2.11. The van der Waals surface area contributed by atoms with Crippen LogP contribution < -0.4 is 0 Å². The summed E-state index contributed by atoms with van der Waals surface area (Å²) >= 11 is 0. The molecule has 0 fully saturated rings. The second-order valence-corrected chi connectivity index (χ2v) is 3.71. The highest BCUT2D eigenvalue weighted by Gasteiger charge is 2.03. The molecule has 0 heteroatoms. The highest BCUT2D eigenvalue weighted by molar-refractivity contribution is 5.33. The summed E-state index contributed by atoms with van der Waals surface area (Å²) in [6.07, 6.45) is 1.15. The van der Waals surface area contributed by atoms with E-state index in [0.717, 1.165) is 6.42 Å². The van der Waals surface area contributed by atoms with Crippen molar-refractivity contribution in [3.8, 4) is 0 Å². The summed E-state index contributed by atoms with van der Waals surface area (Å²) < 4.78 is 0. The molecule has 0 unspecified atom stereocenters. The van der Waals surface area contributed by atoms with E-state index in [4.69, 9.17) is 0 Å². The van der Waals surface area contributed by atoms with Crippen molar-refractivity contribution in [1.82, 2.24) is 0 Å². The molecule has 0 radical (unpaired) electrons. The van der Waals surface area contributed by atoms with Gasteiger partial charge in [0.15, 0.2) is 0 Å². The Balaban J connectivity index is 0.00000144. The zero-order valence-electron chi connectivity index (χ0n) is 8.52. The number of hydrogen-bond acceptors (Lipinski definition) is 0. The Bertz CT molecular complexity index is 259. The van der Waals surface area contributed by atoms with Crippen LogP contribution in [0.3, 0.4) is 0 Å². The van der Waals surface area contributed by atoms with Crippen LogP contribution in [0.25, 0.3) is 0 Å². The third-order valence-corrected chi connectivity index (χ3v) is 2.30. The Labute approximate surface area is 83.0 Å². The fourth-order valence-electron chi connectivity index (χ4n) is 1.60. The van der Waals surface area contributed by atoms with Crippen LogP contribution in [-0.2, 0) is 6.42 Å². The first-order chi connectivity index (χ1) is 5.65. The number of aryl methyl sites for hydroxylation is 2. The van der Waals surface area contributed by atoms with E-state index in [-0.39, 0.29) is 7.43 Å². The molecule has 0 saturated carbocycles. The minimum absolute atomic E-state index is 0. The van der Waals surface area contributed by atoms with Gasteiger partial charge in [0.1, 0.15) is 0 Å². The van der Waals surface area contributed by atoms with Crippen LogP contribution in [-0.4, -0.2) is 0 Å². The van der Waals surface area contributed by atoms with E-state index < -0.39 is 0 Å². The molecule has 0 amide bonds. The fourth-order valence-corrected chi connectivity index (χ4v) is 1.60. The SMILES string of the molecule is C.CCc1cc(C)ccc1C(C)C. The van der Waals surface area contributed by atoms with Crippen molar-refractivity contribution in [3.05, 3.63) is 34.9 Å². The van der Waals surface area contributed by atoms with Crippen LogP contribution in [0.4, 0.5) is 0 Å². The van der Waals surface area contributed by atoms with E-state index in [1.807, 2.05) is 0 Å². The summed E-state index contributed by atoms with van der Waals surface area (Å²) in [5, 5.41) is 0. The second-order valence-electron chi connectivity index (χ2n) is 3.71. The lowest BCUT2D eigenvalue weighted by molar-refractivity contribution is 0.843. The van der Waals surface area contributed by atoms with E-state index in [0.29, 0.717) is 5.92 Å². The number of benzene rings is 1. The zero-order valence-corrected chi connectivity index (χ0v) is 8.52. The summed E-state index contributed by atoms with van der Waals surface area (Å²) in [5.41, 5.74) is 4.38. The van der Waals surface area contributed by atoms with Crippen molar-refractivity contribution in [2.75, 3.05) is 0 Å². The molecule has 1 aromatic rings. The summed E-state index contributed by atoms with van der Waals surface area (Å²) in [4.78, 5) is 0. The summed E-state index contributed by atoms with van der Waals surface area (Å²) in [5.74, 6) is 0.653. The Morgan fingerprint density at radius 3 is 2.31 bits per heavy atom. The lowest BCUT2D eigenvalue weighted by Crippen LogP contribution is -1.95. The average Bonchev–Trinajstić information content (AvgIpc) is 2.03. The van der Waals surface area contributed by atoms with Crippen LogP contribution in [0, 0.1) is 6.92 Å². The highest BCUT2D eigenvalue weighted by atomic mass is 14.1. The molecule has 0 heterocycles. The van der Waals surface area contributed by atoms with Gasteiger partial charge in [0.05, 0.1) is 0 Å². The van der Waals surface area contributed by atoms with Crippen molar-refractivity contribution in [2.45, 2.75) is 47.5 Å². The van der Waals surface area contributed by atoms with Gasteiger partial charge in [-0.1, -0.05) is 52.0 Å². The quantitative estimate of drug-likeness (QED) is 0.632. The van der Waals surface area contributed by atoms with Crippen LogP contribution in [0.5, 0.6) is 0 Å². The third-order valence-electron chi connectivity index (χ3n) is 2.30. The topological polar surface area (TPSA) is 0 Å². The predicted molar refractivity (Wildman–Crippen MR) is 61.4 cm³/mol. The van der Waals surface area contributed by atoms with Gasteiger partial charge >= 0.3 is 0 Å². The van der Waals surface area contributed by atoms with Crippen LogP contribution in [0.2, 0.25) is 0 Å². The van der Waals surface area contributed by atoms with Gasteiger partial charge in [-0.25, -0.2) is 0 Å². The molecule has 0 aliphatic carbocycles. The van der Waals surface area contributed by atoms with Gasteiger partial charge in [0.25, 0.3) is 0 Å². The van der Waals surface area contributed by atoms with Crippen LogP contribution >= 0.6 is 0 Å². The Kier molecular flexibility index (Phi) is 4.76. The predicted octanol–water partition coefficient (Wildman–Crippen LogP) is 4.32. The van der Waals surface area contributed by atoms with Gasteiger partial charge in [0.2, 0.25) is 0 Å². The van der Waals surface area contributed by atoms with Crippen LogP contribution in [0.1, 0.15) is 50.8 Å². The maximum absolute atomic E-state index is 2.30. The minimum atomic E-state index is 0. The van der Waals surface area contributed by atoms with E-state index >= 15 is 0 Å². The molecule has 0 nitrogen and oxygen atoms in total. The molecule has 1 rings (SSSR count). The molecular weight excluding hydrogens is 156 g/mol. The van der Waals surface area contributed by atoms with Crippen molar-refractivity contribution in [2.24, 2.45) is 0 Å². The molecule has 0 atom stereocenters. The van der Waals surface area contributed by atoms with Gasteiger partial charge < -0.3 is 0 Å². The van der Waals surface area contributed by atoms with E-state index in [2.05, 4.69) is 45.9 Å². The van der Waals surface area contributed by atoms with E-state index in [1.165, 1.54) is 16.7 Å². The van der Waals surface area contributed by atoms with Crippen molar-refractivity contribution < 1.29 is 0 Å². The third kappa shape index (κ3) is 2.87. The zero-order chi connectivity index (χ0) is 9.14. The van der Waals surface area contributed by atoms with Gasteiger partial charge in [-0.3, -0.25) is 0 Å². The van der Waals surface area contributed by atoms with E-state index in [1.54, 1.807) is 0 Å². The molecule has 1 aromatic carbocycles. The molecule has 0 spiro atoms. The fraction of sp³-hybridized carbons (Fsp3) is 0.538. The molecule has 0 bridgehead atoms. The monoisotopic (exact) mass is 178 g/mol. The maximum Gasteiger partial charge on any atom is -0.0216 e. The first kappa shape index (κ1) is 12.2. The van der Waals surface area contributed by atoms with Gasteiger partial charge in [-0.05, 0) is 30.4 Å². The first-order valence-corrected chi connectivity index (χ1v) is 4.74. The second kappa shape index (κ2) is 5.06. The molecule has 13 heavy (non-hydrogen) atoms. The summed E-state index contributed by atoms with van der Waals surface area (Å²) in [7, 11) is 0. The number of rotatable bonds is 2. The Hall–Kier alpha value is -0.780. The first-order valence-electron chi connectivity index (χ1n) is 4.74. The molecule has 0 aromatic heterocycles. The van der Waals surface area contributed by atoms with Crippen molar-refractivity contribution in [3.63, 3.8) is 0 Å².